The number of hydrogen-bond donors (Lipinski definition) is 1. The van der Waals surface area contributed by atoms with Crippen LogP contribution in [0.2, 0.25) is 0 Å². The predicted octanol–water partition coefficient (Wildman–Crippen LogP) is 3.73. The standard InChI is InChI=1S/C21H26N2O/c24-21(17-8-2-1-3-9-17)13-15-23(16-18-10-6-7-14-22-18)20-12-5-4-11-19(20)21/h1-3,6-10,14,19-20,24H,4-5,11-13,15-16H2/t19-,20+,21-/m0/s1. The maximum absolute atomic E-state index is 11.6. The first-order chi connectivity index (χ1) is 11.8. The fraction of sp³-hybridized carbons (Fsp3) is 0.476. The van der Waals surface area contributed by atoms with Crippen LogP contribution in [0, 0.1) is 5.92 Å². The lowest BCUT2D eigenvalue weighted by atomic mass is 9.66. The monoisotopic (exact) mass is 322 g/mol. The Balaban J connectivity index is 1.60. The topological polar surface area (TPSA) is 36.4 Å². The van der Waals surface area contributed by atoms with Gasteiger partial charge in [0.25, 0.3) is 0 Å². The smallest absolute Gasteiger partial charge is 0.0951 e. The molecule has 2 aliphatic rings. The summed E-state index contributed by atoms with van der Waals surface area (Å²) in [7, 11) is 0. The molecule has 24 heavy (non-hydrogen) atoms. The number of nitrogens with zero attached hydrogens (tertiary/aromatic N) is 2. The number of hydrogen-bond acceptors (Lipinski definition) is 3. The Morgan fingerprint density at radius 2 is 1.83 bits per heavy atom. The highest BCUT2D eigenvalue weighted by Crippen LogP contribution is 2.47. The van der Waals surface area contributed by atoms with Crippen molar-refractivity contribution in [3.8, 4) is 0 Å². The van der Waals surface area contributed by atoms with Crippen molar-refractivity contribution in [2.24, 2.45) is 5.92 Å². The molecule has 0 spiro atoms. The molecule has 1 saturated heterocycles. The normalized spacial score (nSPS) is 30.7. The van der Waals surface area contributed by atoms with Crippen LogP contribution in [0.5, 0.6) is 0 Å². The minimum absolute atomic E-state index is 0.325. The summed E-state index contributed by atoms with van der Waals surface area (Å²) in [5.74, 6) is 0.325. The molecule has 1 aromatic heterocycles. The first kappa shape index (κ1) is 15.8. The summed E-state index contributed by atoms with van der Waals surface area (Å²) in [6.45, 7) is 1.83. The van der Waals surface area contributed by atoms with Crippen molar-refractivity contribution < 1.29 is 5.11 Å². The van der Waals surface area contributed by atoms with Crippen LogP contribution in [0.15, 0.2) is 54.7 Å². The van der Waals surface area contributed by atoms with Gasteiger partial charge < -0.3 is 5.11 Å². The second kappa shape index (κ2) is 6.66. The molecule has 0 unspecified atom stereocenters. The summed E-state index contributed by atoms with van der Waals surface area (Å²) in [4.78, 5) is 7.06. The summed E-state index contributed by atoms with van der Waals surface area (Å²) >= 11 is 0. The lowest BCUT2D eigenvalue weighted by Crippen LogP contribution is -2.57. The molecule has 0 amide bonds. The van der Waals surface area contributed by atoms with Crippen molar-refractivity contribution >= 4 is 0 Å². The number of rotatable bonds is 3. The van der Waals surface area contributed by atoms with Crippen LogP contribution in [0.3, 0.4) is 0 Å². The van der Waals surface area contributed by atoms with E-state index in [2.05, 4.69) is 34.1 Å². The van der Waals surface area contributed by atoms with Gasteiger partial charge in [-0.25, -0.2) is 0 Å². The molecule has 4 rings (SSSR count). The number of aromatic nitrogens is 1. The number of likely N-dealkylation sites (tertiary alicyclic amines) is 1. The van der Waals surface area contributed by atoms with Crippen molar-refractivity contribution in [3.63, 3.8) is 0 Å². The predicted molar refractivity (Wildman–Crippen MR) is 95.3 cm³/mol. The quantitative estimate of drug-likeness (QED) is 0.935. The first-order valence-corrected chi connectivity index (χ1v) is 9.19. The highest BCUT2D eigenvalue weighted by Gasteiger charge is 2.48. The summed E-state index contributed by atoms with van der Waals surface area (Å²) in [6.07, 6.45) is 7.49. The van der Waals surface area contributed by atoms with Crippen molar-refractivity contribution in [1.82, 2.24) is 9.88 Å². The molecule has 0 bridgehead atoms. The van der Waals surface area contributed by atoms with Crippen LogP contribution in [-0.4, -0.2) is 27.6 Å². The maximum atomic E-state index is 11.6. The van der Waals surface area contributed by atoms with Gasteiger partial charge in [0.05, 0.1) is 11.3 Å². The minimum Gasteiger partial charge on any atom is -0.385 e. The molecule has 0 radical (unpaired) electrons. The zero-order valence-corrected chi connectivity index (χ0v) is 14.1. The third-order valence-corrected chi connectivity index (χ3v) is 5.96. The van der Waals surface area contributed by atoms with Gasteiger partial charge >= 0.3 is 0 Å². The van der Waals surface area contributed by atoms with Crippen molar-refractivity contribution in [2.75, 3.05) is 6.54 Å². The molecule has 2 heterocycles. The molecule has 3 nitrogen and oxygen atoms in total. The Labute approximate surface area is 144 Å². The van der Waals surface area contributed by atoms with Gasteiger partial charge in [0.2, 0.25) is 0 Å². The number of pyridine rings is 1. The highest BCUT2D eigenvalue weighted by atomic mass is 16.3. The molecule has 2 aromatic rings. The van der Waals surface area contributed by atoms with Crippen LogP contribution in [-0.2, 0) is 12.1 Å². The fourth-order valence-electron chi connectivity index (χ4n) is 4.75. The average Bonchev–Trinajstić information content (AvgIpc) is 2.66. The molecule has 1 aromatic carbocycles. The SMILES string of the molecule is O[C@]1(c2ccccc2)CCN(Cc2ccccn2)[C@@H]2CCCC[C@@H]21. The number of piperidine rings is 1. The largest absolute Gasteiger partial charge is 0.385 e. The summed E-state index contributed by atoms with van der Waals surface area (Å²) in [5, 5.41) is 11.6. The Bertz CT molecular complexity index is 660. The Morgan fingerprint density at radius 1 is 1.04 bits per heavy atom. The second-order valence-electron chi connectivity index (χ2n) is 7.29. The zero-order valence-electron chi connectivity index (χ0n) is 14.1. The molecular weight excluding hydrogens is 296 g/mol. The molecule has 1 N–H and O–H groups in total. The van der Waals surface area contributed by atoms with Gasteiger partial charge in [-0.15, -0.1) is 0 Å². The van der Waals surface area contributed by atoms with Crippen LogP contribution < -0.4 is 0 Å². The van der Waals surface area contributed by atoms with Gasteiger partial charge in [0.1, 0.15) is 0 Å². The average molecular weight is 322 g/mol. The zero-order chi connectivity index (χ0) is 16.4. The van der Waals surface area contributed by atoms with Crippen LogP contribution >= 0.6 is 0 Å². The van der Waals surface area contributed by atoms with Gasteiger partial charge in [-0.3, -0.25) is 9.88 Å². The lowest BCUT2D eigenvalue weighted by Gasteiger charge is -2.52. The Morgan fingerprint density at radius 3 is 2.62 bits per heavy atom. The Kier molecular flexibility index (Phi) is 4.38. The number of aliphatic hydroxyl groups is 1. The van der Waals surface area contributed by atoms with E-state index in [4.69, 9.17) is 0 Å². The molecule has 3 heteroatoms. The van der Waals surface area contributed by atoms with Gasteiger partial charge in [-0.2, -0.15) is 0 Å². The van der Waals surface area contributed by atoms with Crippen LogP contribution in [0.4, 0.5) is 0 Å². The van der Waals surface area contributed by atoms with E-state index in [1.165, 1.54) is 19.3 Å². The third-order valence-electron chi connectivity index (χ3n) is 5.96. The van der Waals surface area contributed by atoms with E-state index in [0.29, 0.717) is 12.0 Å². The summed E-state index contributed by atoms with van der Waals surface area (Å²) < 4.78 is 0. The van der Waals surface area contributed by atoms with Gasteiger partial charge in [0, 0.05) is 31.2 Å². The van der Waals surface area contributed by atoms with E-state index in [9.17, 15) is 5.11 Å². The number of fused-ring (bicyclic) bond motifs is 1. The van der Waals surface area contributed by atoms with E-state index < -0.39 is 5.60 Å². The Hall–Kier alpha value is -1.71. The van der Waals surface area contributed by atoms with Crippen molar-refractivity contribution in [3.05, 3.63) is 66.0 Å². The van der Waals surface area contributed by atoms with E-state index >= 15 is 0 Å². The van der Waals surface area contributed by atoms with E-state index in [1.807, 2.05) is 30.5 Å². The molecule has 2 fully saturated rings. The van der Waals surface area contributed by atoms with Gasteiger partial charge in [-0.05, 0) is 37.0 Å². The summed E-state index contributed by atoms with van der Waals surface area (Å²) in [6, 6.07) is 16.9. The molecular formula is C21H26N2O. The van der Waals surface area contributed by atoms with Gasteiger partial charge in [-0.1, -0.05) is 49.2 Å². The molecule has 1 aliphatic heterocycles. The summed E-state index contributed by atoms with van der Waals surface area (Å²) in [5.41, 5.74) is 1.55. The number of benzene rings is 1. The molecule has 3 atom stereocenters. The molecule has 1 aliphatic carbocycles. The lowest BCUT2D eigenvalue weighted by molar-refractivity contribution is -0.123. The van der Waals surface area contributed by atoms with E-state index in [1.54, 1.807) is 0 Å². The van der Waals surface area contributed by atoms with Crippen LogP contribution in [0.1, 0.15) is 43.4 Å². The minimum atomic E-state index is -0.674. The van der Waals surface area contributed by atoms with Gasteiger partial charge in [0.15, 0.2) is 0 Å². The van der Waals surface area contributed by atoms with E-state index in [-0.39, 0.29) is 0 Å². The van der Waals surface area contributed by atoms with E-state index in [0.717, 1.165) is 37.2 Å². The maximum Gasteiger partial charge on any atom is 0.0951 e. The highest BCUT2D eigenvalue weighted by molar-refractivity contribution is 5.25. The fourth-order valence-corrected chi connectivity index (χ4v) is 4.75. The van der Waals surface area contributed by atoms with Crippen molar-refractivity contribution in [1.29, 1.82) is 0 Å². The molecule has 126 valence electrons. The van der Waals surface area contributed by atoms with Crippen LogP contribution in [0.25, 0.3) is 0 Å². The second-order valence-corrected chi connectivity index (χ2v) is 7.29. The third kappa shape index (κ3) is 2.87. The molecule has 1 saturated carbocycles. The van der Waals surface area contributed by atoms with Crippen molar-refractivity contribution in [2.45, 2.75) is 50.3 Å². The first-order valence-electron chi connectivity index (χ1n) is 9.19.